The molecular weight excluding hydrogens is 230 g/mol. The fourth-order valence-corrected chi connectivity index (χ4v) is 3.32. The van der Waals surface area contributed by atoms with Gasteiger partial charge in [-0.3, -0.25) is 0 Å². The van der Waals surface area contributed by atoms with Gasteiger partial charge in [0, 0.05) is 11.3 Å². The second-order valence-electron chi connectivity index (χ2n) is 5.67. The van der Waals surface area contributed by atoms with Gasteiger partial charge in [0.2, 0.25) is 0 Å². The highest BCUT2D eigenvalue weighted by molar-refractivity contribution is 8.32. The predicted molar refractivity (Wildman–Crippen MR) is 77.1 cm³/mol. The van der Waals surface area contributed by atoms with Gasteiger partial charge in [0.1, 0.15) is 5.82 Å². The zero-order chi connectivity index (χ0) is 13.4. The molecule has 0 amide bonds. The summed E-state index contributed by atoms with van der Waals surface area (Å²) in [5.74, 6) is 1.23. The Morgan fingerprint density at radius 3 is 1.94 bits per heavy atom. The van der Waals surface area contributed by atoms with Crippen LogP contribution in [0.25, 0.3) is 0 Å². The zero-order valence-electron chi connectivity index (χ0n) is 12.0. The third-order valence-electron chi connectivity index (χ3n) is 2.68. The Kier molecular flexibility index (Phi) is 4.20. The molecule has 2 N–H and O–H groups in total. The molecule has 0 aliphatic rings. The molecule has 0 radical (unpaired) electrons. The van der Waals surface area contributed by atoms with E-state index in [-0.39, 0.29) is 6.04 Å². The van der Waals surface area contributed by atoms with Crippen molar-refractivity contribution >= 4 is 10.0 Å². The molecule has 0 spiro atoms. The fourth-order valence-electron chi connectivity index (χ4n) is 1.91. The quantitative estimate of drug-likeness (QED) is 0.845. The molecule has 3 nitrogen and oxygen atoms in total. The van der Waals surface area contributed by atoms with Crippen molar-refractivity contribution in [3.8, 4) is 0 Å². The molecule has 98 valence electrons. The summed E-state index contributed by atoms with van der Waals surface area (Å²) in [6, 6.07) is -0.101. The predicted octanol–water partition coefficient (Wildman–Crippen LogP) is 2.98. The Morgan fingerprint density at radius 2 is 1.59 bits per heavy atom. The van der Waals surface area contributed by atoms with Crippen LogP contribution in [0.2, 0.25) is 0 Å². The summed E-state index contributed by atoms with van der Waals surface area (Å²) >= 11 is 0. The zero-order valence-corrected chi connectivity index (χ0v) is 12.9. The molecule has 0 saturated carbocycles. The average Bonchev–Trinajstić information content (AvgIpc) is 2.14. The van der Waals surface area contributed by atoms with Crippen LogP contribution in [0.1, 0.15) is 49.8 Å². The summed E-state index contributed by atoms with van der Waals surface area (Å²) in [6.07, 6.45) is 6.81. The summed E-state index contributed by atoms with van der Waals surface area (Å²) in [4.78, 5) is 9.27. The van der Waals surface area contributed by atoms with Crippen molar-refractivity contribution in [3.63, 3.8) is 0 Å². The van der Waals surface area contributed by atoms with Gasteiger partial charge in [0.15, 0.2) is 0 Å². The molecule has 1 aromatic rings. The second kappa shape index (κ2) is 4.94. The summed E-state index contributed by atoms with van der Waals surface area (Å²) in [6.45, 7) is 8.40. The highest BCUT2D eigenvalue weighted by atomic mass is 32.3. The maximum Gasteiger partial charge on any atom is 0.146 e. The number of nitrogens with two attached hydrogens (primary N) is 1. The van der Waals surface area contributed by atoms with E-state index in [0.29, 0.717) is 5.92 Å². The van der Waals surface area contributed by atoms with Crippen LogP contribution in [0.4, 0.5) is 0 Å². The Hall–Kier alpha value is -0.610. The van der Waals surface area contributed by atoms with E-state index in [0.717, 1.165) is 11.5 Å². The third kappa shape index (κ3) is 3.19. The lowest BCUT2D eigenvalue weighted by Gasteiger charge is -2.30. The van der Waals surface area contributed by atoms with Crippen molar-refractivity contribution in [3.05, 3.63) is 17.1 Å². The van der Waals surface area contributed by atoms with Gasteiger partial charge >= 0.3 is 0 Å². The van der Waals surface area contributed by atoms with Gasteiger partial charge in [-0.15, -0.1) is 0 Å². The molecule has 0 aliphatic carbocycles. The van der Waals surface area contributed by atoms with Gasteiger partial charge in [0.25, 0.3) is 0 Å². The van der Waals surface area contributed by atoms with Crippen molar-refractivity contribution in [2.24, 2.45) is 5.73 Å². The topological polar surface area (TPSA) is 51.8 Å². The van der Waals surface area contributed by atoms with E-state index < -0.39 is 10.0 Å². The van der Waals surface area contributed by atoms with E-state index in [1.165, 1.54) is 10.6 Å². The van der Waals surface area contributed by atoms with E-state index >= 15 is 0 Å². The van der Waals surface area contributed by atoms with Crippen LogP contribution in [-0.2, 0) is 0 Å². The standard InChI is InChI=1S/C13H25N3S/c1-8(2)11-10(4)15-12(9(3)14)16-13(11)17(5,6)7/h8-9H,14H2,1-7H3. The largest absolute Gasteiger partial charge is 0.322 e. The van der Waals surface area contributed by atoms with Crippen molar-refractivity contribution in [2.75, 3.05) is 18.8 Å². The lowest BCUT2D eigenvalue weighted by atomic mass is 10.0. The number of rotatable bonds is 3. The number of hydrogen-bond acceptors (Lipinski definition) is 3. The highest BCUT2D eigenvalue weighted by Gasteiger charge is 2.22. The monoisotopic (exact) mass is 255 g/mol. The van der Waals surface area contributed by atoms with Crippen molar-refractivity contribution < 1.29 is 0 Å². The maximum absolute atomic E-state index is 5.91. The van der Waals surface area contributed by atoms with Crippen LogP contribution >= 0.6 is 10.0 Å². The fraction of sp³-hybridized carbons (Fsp3) is 0.692. The number of aromatic nitrogens is 2. The lowest BCUT2D eigenvalue weighted by molar-refractivity contribution is 0.686. The normalized spacial score (nSPS) is 15.1. The highest BCUT2D eigenvalue weighted by Crippen LogP contribution is 2.48. The molecule has 17 heavy (non-hydrogen) atoms. The minimum Gasteiger partial charge on any atom is -0.322 e. The van der Waals surface area contributed by atoms with Gasteiger partial charge in [-0.25, -0.2) is 20.0 Å². The van der Waals surface area contributed by atoms with Crippen LogP contribution in [0, 0.1) is 6.92 Å². The van der Waals surface area contributed by atoms with Gasteiger partial charge in [0.05, 0.1) is 11.1 Å². The minimum atomic E-state index is -0.864. The first-order valence-corrected chi connectivity index (χ1v) is 8.82. The molecule has 0 saturated heterocycles. The minimum absolute atomic E-state index is 0.101. The van der Waals surface area contributed by atoms with Crippen LogP contribution in [0.5, 0.6) is 0 Å². The van der Waals surface area contributed by atoms with Gasteiger partial charge in [-0.05, 0) is 38.5 Å². The molecule has 0 aromatic carbocycles. The second-order valence-corrected chi connectivity index (χ2v) is 9.73. The van der Waals surface area contributed by atoms with Gasteiger partial charge in [-0.1, -0.05) is 13.8 Å². The summed E-state index contributed by atoms with van der Waals surface area (Å²) in [5.41, 5.74) is 8.29. The van der Waals surface area contributed by atoms with E-state index in [4.69, 9.17) is 10.7 Å². The Morgan fingerprint density at radius 1 is 1.06 bits per heavy atom. The third-order valence-corrected chi connectivity index (χ3v) is 4.15. The van der Waals surface area contributed by atoms with Crippen LogP contribution < -0.4 is 5.73 Å². The van der Waals surface area contributed by atoms with Crippen LogP contribution in [-0.4, -0.2) is 28.7 Å². The number of hydrogen-bond donors (Lipinski definition) is 1. The first-order chi connectivity index (χ1) is 7.64. The maximum atomic E-state index is 5.91. The molecule has 0 aliphatic heterocycles. The molecule has 1 aromatic heterocycles. The molecule has 1 atom stereocenters. The number of aryl methyl sites for hydroxylation is 1. The molecule has 1 rings (SSSR count). The SMILES string of the molecule is Cc1nc(C(C)N)nc(S(C)(C)C)c1C(C)C. The average molecular weight is 255 g/mol. The first kappa shape index (κ1) is 14.5. The van der Waals surface area contributed by atoms with Crippen molar-refractivity contribution in [1.82, 2.24) is 9.97 Å². The summed E-state index contributed by atoms with van der Waals surface area (Å²) in [5, 5.41) is 1.22. The Labute approximate surface area is 107 Å². The Bertz CT molecular complexity index is 406. The Balaban J connectivity index is 3.51. The van der Waals surface area contributed by atoms with E-state index in [9.17, 15) is 0 Å². The molecule has 4 heteroatoms. The number of nitrogens with zero attached hydrogens (tertiary/aromatic N) is 2. The molecule has 0 bridgehead atoms. The van der Waals surface area contributed by atoms with Crippen molar-refractivity contribution in [2.45, 2.75) is 44.7 Å². The summed E-state index contributed by atoms with van der Waals surface area (Å²) < 4.78 is 0. The van der Waals surface area contributed by atoms with Crippen LogP contribution in [0.15, 0.2) is 5.03 Å². The molecule has 1 heterocycles. The first-order valence-electron chi connectivity index (χ1n) is 5.97. The van der Waals surface area contributed by atoms with Gasteiger partial charge < -0.3 is 5.73 Å². The molecule has 0 fully saturated rings. The lowest BCUT2D eigenvalue weighted by Crippen LogP contribution is -2.16. The van der Waals surface area contributed by atoms with E-state index in [1.54, 1.807) is 0 Å². The van der Waals surface area contributed by atoms with E-state index in [1.807, 2.05) is 6.92 Å². The van der Waals surface area contributed by atoms with Crippen LogP contribution in [0.3, 0.4) is 0 Å². The van der Waals surface area contributed by atoms with E-state index in [2.05, 4.69) is 44.5 Å². The smallest absolute Gasteiger partial charge is 0.146 e. The van der Waals surface area contributed by atoms with Gasteiger partial charge in [-0.2, -0.15) is 0 Å². The molecular formula is C13H25N3S. The van der Waals surface area contributed by atoms with Crippen molar-refractivity contribution in [1.29, 1.82) is 0 Å². The molecule has 1 unspecified atom stereocenters. The summed E-state index contributed by atoms with van der Waals surface area (Å²) in [7, 11) is -0.864.